The summed E-state index contributed by atoms with van der Waals surface area (Å²) in [4.78, 5) is 0. The molecule has 0 aromatic heterocycles. The minimum atomic E-state index is -2.86. The van der Waals surface area contributed by atoms with Crippen LogP contribution in [0.2, 0.25) is 0 Å². The molecule has 1 heterocycles. The van der Waals surface area contributed by atoms with Crippen LogP contribution in [0, 0.1) is 0 Å². The lowest BCUT2D eigenvalue weighted by Gasteiger charge is -2.25. The van der Waals surface area contributed by atoms with Crippen molar-refractivity contribution in [3.05, 3.63) is 71.8 Å². The highest BCUT2D eigenvalue weighted by atomic mass is 19.3. The van der Waals surface area contributed by atoms with E-state index < -0.39 is 12.7 Å². The monoisotopic (exact) mass is 274 g/mol. The van der Waals surface area contributed by atoms with E-state index in [2.05, 4.69) is 4.74 Å². The largest absolute Gasteiger partial charge is 0.481 e. The van der Waals surface area contributed by atoms with Crippen LogP contribution < -0.4 is 4.74 Å². The lowest BCUT2D eigenvalue weighted by molar-refractivity contribution is -0.0723. The van der Waals surface area contributed by atoms with Crippen LogP contribution in [-0.2, 0) is 4.74 Å². The van der Waals surface area contributed by atoms with Gasteiger partial charge >= 0.3 is 6.61 Å². The number of hydrogen-bond donors (Lipinski definition) is 0. The molecule has 0 aliphatic carbocycles. The van der Waals surface area contributed by atoms with Gasteiger partial charge in [0, 0.05) is 6.08 Å². The summed E-state index contributed by atoms with van der Waals surface area (Å²) in [6, 6.07) is 16.4. The number of para-hydroxylation sites is 1. The van der Waals surface area contributed by atoms with E-state index in [-0.39, 0.29) is 5.76 Å². The third-order valence-corrected chi connectivity index (χ3v) is 3.05. The van der Waals surface area contributed by atoms with Gasteiger partial charge in [0.15, 0.2) is 0 Å². The van der Waals surface area contributed by atoms with E-state index in [0.29, 0.717) is 11.3 Å². The molecule has 2 aromatic carbocycles. The number of halogens is 2. The van der Waals surface area contributed by atoms with Gasteiger partial charge in [-0.25, -0.2) is 0 Å². The predicted octanol–water partition coefficient (Wildman–Crippen LogP) is 4.40. The second kappa shape index (κ2) is 5.33. The molecule has 0 N–H and O–H groups in total. The Balaban J connectivity index is 2.00. The molecule has 1 aliphatic rings. The Bertz CT molecular complexity index is 623. The van der Waals surface area contributed by atoms with E-state index in [1.54, 1.807) is 30.3 Å². The van der Waals surface area contributed by atoms with Crippen LogP contribution in [0.4, 0.5) is 8.78 Å². The first-order valence-electron chi connectivity index (χ1n) is 6.21. The van der Waals surface area contributed by atoms with Gasteiger partial charge in [-0.15, -0.1) is 0 Å². The molecule has 0 saturated carbocycles. The minimum Gasteiger partial charge on any atom is -0.481 e. The maximum Gasteiger partial charge on any atom is 0.387 e. The van der Waals surface area contributed by atoms with Gasteiger partial charge in [0.2, 0.25) is 0 Å². The Hall–Kier alpha value is -2.36. The molecule has 20 heavy (non-hydrogen) atoms. The summed E-state index contributed by atoms with van der Waals surface area (Å²) in [5.74, 6) is 0.690. The molecule has 4 heteroatoms. The Labute approximate surface area is 115 Å². The second-order valence-corrected chi connectivity index (χ2v) is 4.35. The lowest BCUT2D eigenvalue weighted by atomic mass is 10.0. The first-order valence-corrected chi connectivity index (χ1v) is 6.21. The van der Waals surface area contributed by atoms with E-state index >= 15 is 0 Å². The average molecular weight is 274 g/mol. The SMILES string of the molecule is FC(F)OC1=CC(c2ccccc2)Oc2ccccc21. The minimum absolute atomic E-state index is 0.149. The smallest absolute Gasteiger partial charge is 0.387 e. The maximum absolute atomic E-state index is 12.5. The van der Waals surface area contributed by atoms with Crippen LogP contribution in [0.1, 0.15) is 17.2 Å². The van der Waals surface area contributed by atoms with Gasteiger partial charge < -0.3 is 9.47 Å². The lowest BCUT2D eigenvalue weighted by Crippen LogP contribution is -2.13. The number of ether oxygens (including phenoxy) is 2. The molecule has 2 aromatic rings. The van der Waals surface area contributed by atoms with Gasteiger partial charge in [-0.1, -0.05) is 42.5 Å². The molecule has 0 fully saturated rings. The standard InChI is InChI=1S/C16H12F2O2/c17-16(18)20-15-10-14(11-6-2-1-3-7-11)19-13-9-5-4-8-12(13)15/h1-10,14,16H. The molecule has 0 bridgehead atoms. The van der Waals surface area contributed by atoms with E-state index in [0.717, 1.165) is 5.56 Å². The van der Waals surface area contributed by atoms with Crippen molar-refractivity contribution >= 4 is 5.76 Å². The molecule has 0 saturated heterocycles. The summed E-state index contributed by atoms with van der Waals surface area (Å²) in [5.41, 5.74) is 1.43. The van der Waals surface area contributed by atoms with Gasteiger partial charge in [-0.2, -0.15) is 8.78 Å². The highest BCUT2D eigenvalue weighted by Gasteiger charge is 2.24. The van der Waals surface area contributed by atoms with Crippen LogP contribution in [0.15, 0.2) is 60.7 Å². The van der Waals surface area contributed by atoms with Crippen LogP contribution in [0.5, 0.6) is 5.75 Å². The number of rotatable bonds is 3. The zero-order chi connectivity index (χ0) is 13.9. The first kappa shape index (κ1) is 12.7. The van der Waals surface area contributed by atoms with Crippen molar-refractivity contribution in [3.8, 4) is 5.75 Å². The number of fused-ring (bicyclic) bond motifs is 1. The van der Waals surface area contributed by atoms with Crippen molar-refractivity contribution in [3.63, 3.8) is 0 Å². The Morgan fingerprint density at radius 3 is 2.40 bits per heavy atom. The Kier molecular flexibility index (Phi) is 3.37. The average Bonchev–Trinajstić information content (AvgIpc) is 2.47. The maximum atomic E-state index is 12.5. The molecular weight excluding hydrogens is 262 g/mol. The molecule has 3 rings (SSSR count). The number of alkyl halides is 2. The summed E-state index contributed by atoms with van der Waals surface area (Å²) in [6.07, 6.45) is 1.14. The zero-order valence-electron chi connectivity index (χ0n) is 10.5. The Morgan fingerprint density at radius 2 is 1.65 bits per heavy atom. The summed E-state index contributed by atoms with van der Waals surface area (Å²) >= 11 is 0. The molecule has 0 amide bonds. The molecule has 2 nitrogen and oxygen atoms in total. The summed E-state index contributed by atoms with van der Waals surface area (Å²) in [6.45, 7) is -2.86. The fraction of sp³-hybridized carbons (Fsp3) is 0.125. The molecule has 0 radical (unpaired) electrons. The van der Waals surface area contributed by atoms with Crippen molar-refractivity contribution in [2.45, 2.75) is 12.7 Å². The van der Waals surface area contributed by atoms with Crippen LogP contribution in [0.25, 0.3) is 5.76 Å². The number of hydrogen-bond acceptors (Lipinski definition) is 2. The van der Waals surface area contributed by atoms with Crippen LogP contribution >= 0.6 is 0 Å². The van der Waals surface area contributed by atoms with E-state index in [1.165, 1.54) is 0 Å². The third-order valence-electron chi connectivity index (χ3n) is 3.05. The normalized spacial score (nSPS) is 17.1. The highest BCUT2D eigenvalue weighted by Crippen LogP contribution is 2.38. The van der Waals surface area contributed by atoms with Gasteiger partial charge in [0.1, 0.15) is 17.6 Å². The first-order chi connectivity index (χ1) is 9.74. The van der Waals surface area contributed by atoms with Crippen molar-refractivity contribution in [1.29, 1.82) is 0 Å². The highest BCUT2D eigenvalue weighted by molar-refractivity contribution is 5.68. The Morgan fingerprint density at radius 1 is 0.950 bits per heavy atom. The summed E-state index contributed by atoms with van der Waals surface area (Å²) in [5, 5.41) is 0. The third kappa shape index (κ3) is 2.50. The molecular formula is C16H12F2O2. The fourth-order valence-corrected chi connectivity index (χ4v) is 2.18. The second-order valence-electron chi connectivity index (χ2n) is 4.35. The van der Waals surface area contributed by atoms with Crippen molar-refractivity contribution in [2.24, 2.45) is 0 Å². The topological polar surface area (TPSA) is 18.5 Å². The van der Waals surface area contributed by atoms with E-state index in [9.17, 15) is 8.78 Å². The van der Waals surface area contributed by atoms with Gasteiger partial charge in [0.05, 0.1) is 5.56 Å². The molecule has 102 valence electrons. The van der Waals surface area contributed by atoms with Gasteiger partial charge in [-0.05, 0) is 17.7 Å². The fourth-order valence-electron chi connectivity index (χ4n) is 2.18. The summed E-state index contributed by atoms with van der Waals surface area (Å²) in [7, 11) is 0. The van der Waals surface area contributed by atoms with Gasteiger partial charge in [0.25, 0.3) is 0 Å². The summed E-state index contributed by atoms with van der Waals surface area (Å²) < 4.78 is 35.5. The van der Waals surface area contributed by atoms with E-state index in [1.807, 2.05) is 30.3 Å². The molecule has 0 spiro atoms. The van der Waals surface area contributed by atoms with Gasteiger partial charge in [-0.3, -0.25) is 0 Å². The van der Waals surface area contributed by atoms with Crippen molar-refractivity contribution in [1.82, 2.24) is 0 Å². The molecule has 1 unspecified atom stereocenters. The van der Waals surface area contributed by atoms with Crippen LogP contribution in [0.3, 0.4) is 0 Å². The quantitative estimate of drug-likeness (QED) is 0.825. The van der Waals surface area contributed by atoms with E-state index in [4.69, 9.17) is 4.74 Å². The van der Waals surface area contributed by atoms with Crippen molar-refractivity contribution < 1.29 is 18.3 Å². The van der Waals surface area contributed by atoms with Crippen LogP contribution in [-0.4, -0.2) is 6.61 Å². The van der Waals surface area contributed by atoms with Crippen molar-refractivity contribution in [2.75, 3.05) is 0 Å². The zero-order valence-corrected chi connectivity index (χ0v) is 10.5. The molecule has 1 aliphatic heterocycles. The predicted molar refractivity (Wildman–Crippen MR) is 71.3 cm³/mol. The molecule has 1 atom stereocenters. The number of benzene rings is 2.